The first kappa shape index (κ1) is 20.2. The maximum Gasteiger partial charge on any atom is 0.410 e. The van der Waals surface area contributed by atoms with Crippen molar-refractivity contribution in [2.45, 2.75) is 77.9 Å². The minimum absolute atomic E-state index is 0.213. The van der Waals surface area contributed by atoms with E-state index in [-0.39, 0.29) is 12.1 Å². The molecule has 0 saturated carbocycles. The Morgan fingerprint density at radius 3 is 2.39 bits per heavy atom. The molecule has 5 nitrogen and oxygen atoms in total. The third-order valence-electron chi connectivity index (χ3n) is 4.33. The van der Waals surface area contributed by atoms with Gasteiger partial charge in [0.1, 0.15) is 5.60 Å². The van der Waals surface area contributed by atoms with Crippen molar-refractivity contribution in [1.29, 1.82) is 0 Å². The van der Waals surface area contributed by atoms with E-state index < -0.39 is 5.60 Å². The quantitative estimate of drug-likeness (QED) is 0.695. The number of piperazine rings is 1. The van der Waals surface area contributed by atoms with Crippen LogP contribution in [0.3, 0.4) is 0 Å². The molecule has 0 aromatic heterocycles. The third kappa shape index (κ3) is 8.02. The molecule has 1 atom stereocenters. The molecular weight excluding hydrogens is 290 g/mol. The molecule has 0 radical (unpaired) electrons. The molecule has 23 heavy (non-hydrogen) atoms. The summed E-state index contributed by atoms with van der Waals surface area (Å²) in [5, 5.41) is 0. The van der Waals surface area contributed by atoms with Gasteiger partial charge in [0.2, 0.25) is 0 Å². The van der Waals surface area contributed by atoms with Crippen LogP contribution in [-0.2, 0) is 4.74 Å². The summed E-state index contributed by atoms with van der Waals surface area (Å²) in [6, 6.07) is 0.256. The number of nitrogens with two attached hydrogens (primary N) is 1. The van der Waals surface area contributed by atoms with E-state index >= 15 is 0 Å². The minimum atomic E-state index is -0.440. The van der Waals surface area contributed by atoms with Crippen LogP contribution in [0.15, 0.2) is 0 Å². The van der Waals surface area contributed by atoms with Gasteiger partial charge in [-0.3, -0.25) is 4.90 Å². The van der Waals surface area contributed by atoms with Gasteiger partial charge in [-0.1, -0.05) is 39.0 Å². The number of hydrogen-bond acceptors (Lipinski definition) is 4. The lowest BCUT2D eigenvalue weighted by Crippen LogP contribution is -2.57. The van der Waals surface area contributed by atoms with Gasteiger partial charge in [0.25, 0.3) is 0 Å². The van der Waals surface area contributed by atoms with Crippen LogP contribution >= 0.6 is 0 Å². The van der Waals surface area contributed by atoms with E-state index in [1.807, 2.05) is 20.8 Å². The number of ether oxygens (including phenoxy) is 1. The average molecular weight is 328 g/mol. The van der Waals surface area contributed by atoms with Gasteiger partial charge in [0, 0.05) is 32.2 Å². The number of nitrogens with zero attached hydrogens (tertiary/aromatic N) is 2. The predicted octanol–water partition coefficient (Wildman–Crippen LogP) is 3.23. The summed E-state index contributed by atoms with van der Waals surface area (Å²) in [5.41, 5.74) is 5.49. The molecule has 1 heterocycles. The van der Waals surface area contributed by atoms with Crippen LogP contribution < -0.4 is 5.73 Å². The fourth-order valence-corrected chi connectivity index (χ4v) is 3.00. The van der Waals surface area contributed by atoms with Crippen molar-refractivity contribution in [2.75, 3.05) is 32.7 Å². The van der Waals surface area contributed by atoms with Crippen molar-refractivity contribution in [2.24, 2.45) is 5.73 Å². The highest BCUT2D eigenvalue weighted by Crippen LogP contribution is 2.15. The van der Waals surface area contributed by atoms with E-state index in [9.17, 15) is 4.79 Å². The Labute approximate surface area is 142 Å². The molecule has 2 N–H and O–H groups in total. The van der Waals surface area contributed by atoms with Gasteiger partial charge in [0.05, 0.1) is 0 Å². The second-order valence-electron chi connectivity index (χ2n) is 7.62. The number of carbonyl (C=O) groups excluding carboxylic acids is 1. The Morgan fingerprint density at radius 2 is 1.78 bits per heavy atom. The van der Waals surface area contributed by atoms with Gasteiger partial charge >= 0.3 is 6.09 Å². The molecule has 0 spiro atoms. The number of unbranched alkanes of at least 4 members (excludes halogenated alkanes) is 5. The average Bonchev–Trinajstić information content (AvgIpc) is 2.49. The maximum absolute atomic E-state index is 12.2. The largest absolute Gasteiger partial charge is 0.444 e. The zero-order valence-corrected chi connectivity index (χ0v) is 15.6. The smallest absolute Gasteiger partial charge is 0.410 e. The summed E-state index contributed by atoms with van der Waals surface area (Å²) in [4.78, 5) is 16.4. The monoisotopic (exact) mass is 327 g/mol. The molecule has 1 unspecified atom stereocenters. The Bertz CT molecular complexity index is 342. The first-order valence-corrected chi connectivity index (χ1v) is 9.29. The van der Waals surface area contributed by atoms with Gasteiger partial charge in [0.15, 0.2) is 0 Å². The van der Waals surface area contributed by atoms with Crippen molar-refractivity contribution in [3.63, 3.8) is 0 Å². The highest BCUT2D eigenvalue weighted by atomic mass is 16.6. The van der Waals surface area contributed by atoms with Gasteiger partial charge in [-0.2, -0.15) is 0 Å². The molecule has 1 saturated heterocycles. The number of amides is 1. The van der Waals surface area contributed by atoms with Crippen LogP contribution in [0.4, 0.5) is 4.79 Å². The molecule has 0 aromatic rings. The lowest BCUT2D eigenvalue weighted by atomic mass is 10.1. The Balaban J connectivity index is 2.33. The van der Waals surface area contributed by atoms with E-state index in [0.29, 0.717) is 13.1 Å². The normalized spacial score (nSPS) is 19.9. The highest BCUT2D eigenvalue weighted by molar-refractivity contribution is 5.68. The topological polar surface area (TPSA) is 58.8 Å². The van der Waals surface area contributed by atoms with Crippen LogP contribution in [0.1, 0.15) is 66.2 Å². The van der Waals surface area contributed by atoms with Crippen LogP contribution in [0.5, 0.6) is 0 Å². The first-order valence-electron chi connectivity index (χ1n) is 9.29. The van der Waals surface area contributed by atoms with Crippen molar-refractivity contribution >= 4 is 6.09 Å². The number of hydrogen-bond donors (Lipinski definition) is 1. The van der Waals surface area contributed by atoms with Crippen molar-refractivity contribution in [3.8, 4) is 0 Å². The van der Waals surface area contributed by atoms with Crippen molar-refractivity contribution < 1.29 is 9.53 Å². The number of carbonyl (C=O) groups is 1. The minimum Gasteiger partial charge on any atom is -0.444 e. The van der Waals surface area contributed by atoms with E-state index in [4.69, 9.17) is 10.5 Å². The Morgan fingerprint density at radius 1 is 1.13 bits per heavy atom. The molecule has 1 aliphatic heterocycles. The summed E-state index contributed by atoms with van der Waals surface area (Å²) in [6.07, 6.45) is 7.63. The van der Waals surface area contributed by atoms with Gasteiger partial charge in [-0.25, -0.2) is 4.79 Å². The lowest BCUT2D eigenvalue weighted by molar-refractivity contribution is 0.00459. The third-order valence-corrected chi connectivity index (χ3v) is 4.33. The van der Waals surface area contributed by atoms with Gasteiger partial charge < -0.3 is 15.4 Å². The van der Waals surface area contributed by atoms with E-state index in [2.05, 4.69) is 11.8 Å². The molecule has 5 heteroatoms. The molecule has 0 aromatic carbocycles. The highest BCUT2D eigenvalue weighted by Gasteiger charge is 2.30. The summed E-state index contributed by atoms with van der Waals surface area (Å²) >= 11 is 0. The summed E-state index contributed by atoms with van der Waals surface area (Å²) in [6.45, 7) is 12.0. The van der Waals surface area contributed by atoms with E-state index in [0.717, 1.165) is 19.6 Å². The van der Waals surface area contributed by atoms with Gasteiger partial charge in [-0.05, 0) is 33.7 Å². The second-order valence-corrected chi connectivity index (χ2v) is 7.62. The summed E-state index contributed by atoms with van der Waals surface area (Å²) in [5.74, 6) is 0. The van der Waals surface area contributed by atoms with Crippen molar-refractivity contribution in [3.05, 3.63) is 0 Å². The molecular formula is C18H37N3O2. The lowest BCUT2D eigenvalue weighted by Gasteiger charge is -2.41. The number of rotatable bonds is 8. The van der Waals surface area contributed by atoms with Crippen LogP contribution in [-0.4, -0.2) is 60.3 Å². The predicted molar refractivity (Wildman–Crippen MR) is 95.6 cm³/mol. The Hall–Kier alpha value is -0.810. The standard InChI is InChI=1S/C18H37N3O2/c1-5-6-7-8-9-10-11-20-12-13-21(15-16(20)14-19)17(22)23-18(2,3)4/h16H,5-15,19H2,1-4H3. The molecule has 1 aliphatic rings. The van der Waals surface area contributed by atoms with Gasteiger partial charge in [-0.15, -0.1) is 0 Å². The molecule has 136 valence electrons. The second kappa shape index (κ2) is 10.1. The maximum atomic E-state index is 12.2. The molecule has 0 bridgehead atoms. The summed E-state index contributed by atoms with van der Waals surface area (Å²) < 4.78 is 5.47. The first-order chi connectivity index (χ1) is 10.9. The van der Waals surface area contributed by atoms with Crippen LogP contribution in [0.2, 0.25) is 0 Å². The van der Waals surface area contributed by atoms with Crippen LogP contribution in [0.25, 0.3) is 0 Å². The zero-order valence-electron chi connectivity index (χ0n) is 15.6. The fourth-order valence-electron chi connectivity index (χ4n) is 3.00. The van der Waals surface area contributed by atoms with E-state index in [1.54, 1.807) is 4.90 Å². The van der Waals surface area contributed by atoms with Crippen LogP contribution in [0, 0.1) is 0 Å². The van der Waals surface area contributed by atoms with E-state index in [1.165, 1.54) is 38.5 Å². The molecule has 1 amide bonds. The molecule has 1 fully saturated rings. The summed E-state index contributed by atoms with van der Waals surface area (Å²) in [7, 11) is 0. The molecule has 0 aliphatic carbocycles. The Kier molecular flexibility index (Phi) is 8.92. The SMILES string of the molecule is CCCCCCCCN1CCN(C(=O)OC(C)(C)C)CC1CN. The zero-order chi connectivity index (χ0) is 17.3. The fraction of sp³-hybridized carbons (Fsp3) is 0.944. The molecule has 1 rings (SSSR count). The van der Waals surface area contributed by atoms with Crippen molar-refractivity contribution in [1.82, 2.24) is 9.80 Å².